The van der Waals surface area contributed by atoms with E-state index >= 15 is 0 Å². The predicted octanol–water partition coefficient (Wildman–Crippen LogP) is 2.04. The Hall–Kier alpha value is -1.81. The van der Waals surface area contributed by atoms with Gasteiger partial charge in [-0.15, -0.1) is 0 Å². The summed E-state index contributed by atoms with van der Waals surface area (Å²) in [5.74, 6) is 0. The van der Waals surface area contributed by atoms with Crippen molar-refractivity contribution in [3.8, 4) is 0 Å². The van der Waals surface area contributed by atoms with Gasteiger partial charge in [-0.3, -0.25) is 0 Å². The quantitative estimate of drug-likeness (QED) is 0.763. The van der Waals surface area contributed by atoms with E-state index in [0.717, 1.165) is 5.56 Å². The minimum absolute atomic E-state index is 0.109. The average Bonchev–Trinajstić information content (AvgIpc) is 2.31. The van der Waals surface area contributed by atoms with Gasteiger partial charge in [-0.05, 0) is 32.4 Å². The van der Waals surface area contributed by atoms with Gasteiger partial charge in [0.2, 0.25) is 0 Å². The summed E-state index contributed by atoms with van der Waals surface area (Å²) < 4.78 is 0. The average molecular weight is 248 g/mol. The van der Waals surface area contributed by atoms with Crippen molar-refractivity contribution in [2.24, 2.45) is 0 Å². The summed E-state index contributed by atoms with van der Waals surface area (Å²) in [6, 6.07) is 7.63. The molecule has 18 heavy (non-hydrogen) atoms. The number of hydrogen-bond acceptors (Lipinski definition) is 2. The molecule has 0 aliphatic heterocycles. The highest BCUT2D eigenvalue weighted by atomic mass is 16.3. The molecule has 0 aliphatic rings. The Balaban J connectivity index is 2.45. The minimum Gasteiger partial charge on any atom is -0.394 e. The molecular weight excluding hydrogens is 228 g/mol. The number of carbonyl (C=O) groups is 1. The van der Waals surface area contributed by atoms with Crippen LogP contribution in [0.2, 0.25) is 0 Å². The molecule has 0 spiro atoms. The lowest BCUT2D eigenvalue weighted by Crippen LogP contribution is -2.49. The van der Waals surface area contributed by atoms with Gasteiger partial charge in [0.1, 0.15) is 0 Å². The smallest absolute Gasteiger partial charge is 0.319 e. The molecule has 0 aliphatic carbocycles. The molecule has 0 saturated carbocycles. The van der Waals surface area contributed by atoms with E-state index in [-0.39, 0.29) is 12.6 Å². The Kier molecular flexibility index (Phi) is 4.92. The van der Waals surface area contributed by atoms with Gasteiger partial charge < -0.3 is 15.7 Å². The maximum atomic E-state index is 11.5. The number of rotatable bonds is 4. The molecule has 0 atom stereocenters. The van der Waals surface area contributed by atoms with Crippen LogP contribution in [0.3, 0.4) is 0 Å². The third-order valence-electron chi connectivity index (χ3n) is 2.41. The first-order chi connectivity index (χ1) is 8.43. The van der Waals surface area contributed by atoms with Crippen molar-refractivity contribution in [2.45, 2.75) is 26.3 Å². The van der Waals surface area contributed by atoms with E-state index in [2.05, 4.69) is 10.6 Å². The van der Waals surface area contributed by atoms with Crippen LogP contribution in [0.4, 0.5) is 4.79 Å². The van der Waals surface area contributed by atoms with Crippen molar-refractivity contribution >= 4 is 12.1 Å². The summed E-state index contributed by atoms with van der Waals surface area (Å²) in [5, 5.41) is 14.3. The van der Waals surface area contributed by atoms with Crippen LogP contribution in [0, 0.1) is 6.92 Å². The number of nitrogens with one attached hydrogen (secondary N) is 2. The summed E-state index contributed by atoms with van der Waals surface area (Å²) in [6.07, 6.45) is 3.39. The zero-order valence-corrected chi connectivity index (χ0v) is 11.0. The molecule has 98 valence electrons. The molecule has 4 heteroatoms. The second kappa shape index (κ2) is 6.21. The van der Waals surface area contributed by atoms with Crippen LogP contribution in [0.1, 0.15) is 25.0 Å². The zero-order valence-electron chi connectivity index (χ0n) is 11.0. The largest absolute Gasteiger partial charge is 0.394 e. The molecule has 0 bridgehead atoms. The van der Waals surface area contributed by atoms with Crippen molar-refractivity contribution in [1.82, 2.24) is 10.6 Å². The predicted molar refractivity (Wildman–Crippen MR) is 73.0 cm³/mol. The fraction of sp³-hybridized carbons (Fsp3) is 0.357. The van der Waals surface area contributed by atoms with Crippen LogP contribution < -0.4 is 10.6 Å². The maximum Gasteiger partial charge on any atom is 0.319 e. The van der Waals surface area contributed by atoms with Crippen LogP contribution in [0.25, 0.3) is 6.08 Å². The fourth-order valence-electron chi connectivity index (χ4n) is 1.27. The van der Waals surface area contributed by atoms with Crippen molar-refractivity contribution < 1.29 is 9.90 Å². The molecule has 1 aromatic rings. The number of benzene rings is 1. The second-order valence-corrected chi connectivity index (χ2v) is 4.88. The number of aliphatic hydroxyl groups excluding tert-OH is 1. The summed E-state index contributed by atoms with van der Waals surface area (Å²) in [5.41, 5.74) is 1.59. The topological polar surface area (TPSA) is 61.4 Å². The van der Waals surface area contributed by atoms with Crippen molar-refractivity contribution in [1.29, 1.82) is 0 Å². The molecule has 0 heterocycles. The van der Waals surface area contributed by atoms with E-state index in [1.807, 2.05) is 37.3 Å². The zero-order chi connectivity index (χ0) is 13.6. The van der Waals surface area contributed by atoms with E-state index < -0.39 is 5.54 Å². The Morgan fingerprint density at radius 1 is 1.33 bits per heavy atom. The standard InChI is InChI=1S/C14H20N2O2/c1-11-4-6-12(7-5-11)8-9-15-13(18)16-14(2,3)10-17/h4-9,17H,10H2,1-3H3,(H2,15,16,18)/b9-8+. The van der Waals surface area contributed by atoms with Crippen LogP contribution in [-0.4, -0.2) is 23.3 Å². The van der Waals surface area contributed by atoms with Crippen LogP contribution in [-0.2, 0) is 0 Å². The second-order valence-electron chi connectivity index (χ2n) is 4.88. The number of hydrogen-bond donors (Lipinski definition) is 3. The molecule has 0 aromatic heterocycles. The van der Waals surface area contributed by atoms with Gasteiger partial charge in [-0.25, -0.2) is 4.79 Å². The SMILES string of the molecule is Cc1ccc(/C=C/NC(=O)NC(C)(C)CO)cc1. The van der Waals surface area contributed by atoms with Crippen LogP contribution in [0.15, 0.2) is 30.5 Å². The highest BCUT2D eigenvalue weighted by Crippen LogP contribution is 2.04. The number of aryl methyl sites for hydroxylation is 1. The highest BCUT2D eigenvalue weighted by molar-refractivity contribution is 5.76. The maximum absolute atomic E-state index is 11.5. The first kappa shape index (κ1) is 14.3. The lowest BCUT2D eigenvalue weighted by atomic mass is 10.1. The van der Waals surface area contributed by atoms with E-state index in [4.69, 9.17) is 5.11 Å². The highest BCUT2D eigenvalue weighted by Gasteiger charge is 2.17. The molecule has 0 radical (unpaired) electrons. The van der Waals surface area contributed by atoms with E-state index in [0.29, 0.717) is 0 Å². The molecule has 2 amide bonds. The minimum atomic E-state index is -0.623. The van der Waals surface area contributed by atoms with E-state index in [1.165, 1.54) is 5.56 Å². The summed E-state index contributed by atoms with van der Waals surface area (Å²) in [7, 11) is 0. The molecule has 0 fully saturated rings. The summed E-state index contributed by atoms with van der Waals surface area (Å²) in [4.78, 5) is 11.5. The van der Waals surface area contributed by atoms with Gasteiger partial charge in [-0.2, -0.15) is 0 Å². The molecular formula is C14H20N2O2. The third-order valence-corrected chi connectivity index (χ3v) is 2.41. The van der Waals surface area contributed by atoms with E-state index in [9.17, 15) is 4.79 Å². The first-order valence-corrected chi connectivity index (χ1v) is 5.86. The Bertz CT molecular complexity index is 422. The third kappa shape index (κ3) is 5.01. The number of carbonyl (C=O) groups excluding carboxylic acids is 1. The van der Waals surface area contributed by atoms with Crippen molar-refractivity contribution in [3.63, 3.8) is 0 Å². The summed E-state index contributed by atoms with van der Waals surface area (Å²) >= 11 is 0. The normalized spacial score (nSPS) is 11.6. The lowest BCUT2D eigenvalue weighted by Gasteiger charge is -2.22. The molecule has 0 unspecified atom stereocenters. The van der Waals surface area contributed by atoms with Gasteiger partial charge in [0.15, 0.2) is 0 Å². The Labute approximate surface area is 108 Å². The molecule has 0 saturated heterocycles. The van der Waals surface area contributed by atoms with Gasteiger partial charge in [0.05, 0.1) is 12.1 Å². The molecule has 1 aromatic carbocycles. The van der Waals surface area contributed by atoms with Crippen molar-refractivity contribution in [3.05, 3.63) is 41.6 Å². The van der Waals surface area contributed by atoms with Gasteiger partial charge in [0.25, 0.3) is 0 Å². The van der Waals surface area contributed by atoms with E-state index in [1.54, 1.807) is 20.0 Å². The fourth-order valence-corrected chi connectivity index (χ4v) is 1.27. The first-order valence-electron chi connectivity index (χ1n) is 5.86. The molecule has 3 N–H and O–H groups in total. The monoisotopic (exact) mass is 248 g/mol. The van der Waals surface area contributed by atoms with Crippen LogP contribution >= 0.6 is 0 Å². The van der Waals surface area contributed by atoms with Gasteiger partial charge >= 0.3 is 6.03 Å². The Morgan fingerprint density at radius 2 is 1.94 bits per heavy atom. The van der Waals surface area contributed by atoms with Gasteiger partial charge in [0, 0.05) is 6.20 Å². The van der Waals surface area contributed by atoms with Crippen LogP contribution in [0.5, 0.6) is 0 Å². The Morgan fingerprint density at radius 3 is 2.50 bits per heavy atom. The lowest BCUT2D eigenvalue weighted by molar-refractivity contribution is 0.183. The number of aliphatic hydroxyl groups is 1. The number of urea groups is 1. The van der Waals surface area contributed by atoms with Crippen molar-refractivity contribution in [2.75, 3.05) is 6.61 Å². The molecule has 4 nitrogen and oxygen atoms in total. The summed E-state index contributed by atoms with van der Waals surface area (Å²) in [6.45, 7) is 5.41. The number of amides is 2. The van der Waals surface area contributed by atoms with Gasteiger partial charge in [-0.1, -0.05) is 29.8 Å². The molecule has 1 rings (SSSR count).